The summed E-state index contributed by atoms with van der Waals surface area (Å²) < 4.78 is 4.90. The first-order chi connectivity index (χ1) is 10.5. The lowest BCUT2D eigenvalue weighted by Crippen LogP contribution is -2.21. The van der Waals surface area contributed by atoms with E-state index >= 15 is 0 Å². The van der Waals surface area contributed by atoms with E-state index in [0.717, 1.165) is 0 Å². The molecule has 1 N–H and O–H groups in total. The number of carbonyl (C=O) groups is 2. The molecule has 1 amide bonds. The molecule has 2 aromatic rings. The molecule has 0 saturated heterocycles. The molecular formula is C15H10Cl3NO3. The number of halogens is 3. The molecular weight excluding hydrogens is 349 g/mol. The van der Waals surface area contributed by atoms with Crippen molar-refractivity contribution in [1.29, 1.82) is 0 Å². The van der Waals surface area contributed by atoms with Crippen LogP contribution in [0, 0.1) is 0 Å². The predicted molar refractivity (Wildman–Crippen MR) is 86.8 cm³/mol. The zero-order chi connectivity index (χ0) is 16.1. The van der Waals surface area contributed by atoms with Gasteiger partial charge in [0.05, 0.1) is 26.3 Å². The van der Waals surface area contributed by atoms with Crippen LogP contribution in [0.2, 0.25) is 15.1 Å². The summed E-state index contributed by atoms with van der Waals surface area (Å²) in [5.74, 6) is -1.25. The van der Waals surface area contributed by atoms with Crippen LogP contribution in [0.15, 0.2) is 42.5 Å². The zero-order valence-corrected chi connectivity index (χ0v) is 13.4. The molecule has 0 spiro atoms. The van der Waals surface area contributed by atoms with E-state index in [4.69, 9.17) is 39.5 Å². The normalized spacial score (nSPS) is 10.1. The number of carbonyl (C=O) groups excluding carboxylic acids is 2. The lowest BCUT2D eigenvalue weighted by atomic mass is 10.2. The predicted octanol–water partition coefficient (Wildman–Crippen LogP) is 4.44. The van der Waals surface area contributed by atoms with Gasteiger partial charge >= 0.3 is 5.97 Å². The van der Waals surface area contributed by atoms with E-state index in [1.165, 1.54) is 6.07 Å². The molecule has 4 nitrogen and oxygen atoms in total. The summed E-state index contributed by atoms with van der Waals surface area (Å²) in [6, 6.07) is 11.3. The molecule has 114 valence electrons. The molecule has 0 aliphatic rings. The molecule has 0 radical (unpaired) electrons. The summed E-state index contributed by atoms with van der Waals surface area (Å²) in [6.45, 7) is -0.465. The molecule has 0 heterocycles. The molecule has 0 saturated carbocycles. The monoisotopic (exact) mass is 357 g/mol. The molecule has 2 aromatic carbocycles. The lowest BCUT2D eigenvalue weighted by Gasteiger charge is -2.09. The number of para-hydroxylation sites is 1. The number of ether oxygens (including phenoxy) is 1. The molecule has 0 aromatic heterocycles. The minimum Gasteiger partial charge on any atom is -0.452 e. The van der Waals surface area contributed by atoms with E-state index in [1.807, 2.05) is 0 Å². The highest BCUT2D eigenvalue weighted by Crippen LogP contribution is 2.26. The van der Waals surface area contributed by atoms with Crippen molar-refractivity contribution in [2.24, 2.45) is 0 Å². The Bertz CT molecular complexity index is 719. The van der Waals surface area contributed by atoms with E-state index in [9.17, 15) is 9.59 Å². The summed E-state index contributed by atoms with van der Waals surface area (Å²) in [6.07, 6.45) is 0. The molecule has 0 bridgehead atoms. The van der Waals surface area contributed by atoms with Crippen LogP contribution in [0.1, 0.15) is 10.4 Å². The van der Waals surface area contributed by atoms with Gasteiger partial charge in [0.25, 0.3) is 5.91 Å². The maximum Gasteiger partial charge on any atom is 0.340 e. The van der Waals surface area contributed by atoms with Gasteiger partial charge in [0.15, 0.2) is 6.61 Å². The van der Waals surface area contributed by atoms with Crippen LogP contribution in [0.4, 0.5) is 5.69 Å². The Kier molecular flexibility index (Phi) is 5.66. The van der Waals surface area contributed by atoms with Gasteiger partial charge < -0.3 is 10.1 Å². The van der Waals surface area contributed by atoms with Gasteiger partial charge in [0.1, 0.15) is 0 Å². The van der Waals surface area contributed by atoms with Crippen molar-refractivity contribution in [2.45, 2.75) is 0 Å². The highest BCUT2D eigenvalue weighted by atomic mass is 35.5. The summed E-state index contributed by atoms with van der Waals surface area (Å²) in [7, 11) is 0. The molecule has 0 aliphatic heterocycles. The van der Waals surface area contributed by atoms with Gasteiger partial charge in [0, 0.05) is 0 Å². The van der Waals surface area contributed by atoms with Crippen LogP contribution in [-0.2, 0) is 9.53 Å². The van der Waals surface area contributed by atoms with Crippen LogP contribution < -0.4 is 5.32 Å². The second-order valence-electron chi connectivity index (χ2n) is 4.21. The van der Waals surface area contributed by atoms with Crippen molar-refractivity contribution in [3.8, 4) is 0 Å². The second kappa shape index (κ2) is 7.49. The fourth-order valence-electron chi connectivity index (χ4n) is 1.62. The minimum absolute atomic E-state index is 0.0840. The van der Waals surface area contributed by atoms with Crippen molar-refractivity contribution in [3.63, 3.8) is 0 Å². The Morgan fingerprint density at radius 3 is 2.36 bits per heavy atom. The highest BCUT2D eigenvalue weighted by molar-refractivity contribution is 6.43. The first kappa shape index (κ1) is 16.6. The third kappa shape index (κ3) is 4.13. The number of benzene rings is 2. The Morgan fingerprint density at radius 2 is 1.64 bits per heavy atom. The number of nitrogens with one attached hydrogen (secondary N) is 1. The molecule has 0 atom stereocenters. The Balaban J connectivity index is 1.95. The summed E-state index contributed by atoms with van der Waals surface area (Å²) >= 11 is 17.6. The molecule has 22 heavy (non-hydrogen) atoms. The number of rotatable bonds is 4. The van der Waals surface area contributed by atoms with Gasteiger partial charge in [-0.25, -0.2) is 4.79 Å². The number of amides is 1. The molecule has 2 rings (SSSR count). The molecule has 0 aliphatic carbocycles. The maximum absolute atomic E-state index is 11.9. The Labute approximate surface area is 141 Å². The fraction of sp³-hybridized carbons (Fsp3) is 0.0667. The van der Waals surface area contributed by atoms with Gasteiger partial charge in [-0.2, -0.15) is 0 Å². The Morgan fingerprint density at radius 1 is 0.955 bits per heavy atom. The van der Waals surface area contributed by atoms with Crippen LogP contribution in [0.25, 0.3) is 0 Å². The number of esters is 1. The van der Waals surface area contributed by atoms with E-state index in [1.54, 1.807) is 36.4 Å². The van der Waals surface area contributed by atoms with Gasteiger partial charge in [-0.15, -0.1) is 0 Å². The summed E-state index contributed by atoms with van der Waals surface area (Å²) in [5, 5.41) is 3.24. The van der Waals surface area contributed by atoms with E-state index in [2.05, 4.69) is 5.32 Å². The van der Waals surface area contributed by atoms with Crippen LogP contribution >= 0.6 is 34.8 Å². The standard InChI is InChI=1S/C15H10Cl3NO3/c16-10-5-1-2-7-12(10)19-13(20)8-22-15(21)9-4-3-6-11(17)14(9)18/h1-7H,8H2,(H,19,20). The third-order valence-corrected chi connectivity index (χ3v) is 3.80. The molecule has 0 fully saturated rings. The van der Waals surface area contributed by atoms with Crippen LogP contribution in [0.5, 0.6) is 0 Å². The fourth-order valence-corrected chi connectivity index (χ4v) is 2.18. The average Bonchev–Trinajstić information content (AvgIpc) is 2.50. The van der Waals surface area contributed by atoms with E-state index in [0.29, 0.717) is 10.7 Å². The first-order valence-corrected chi connectivity index (χ1v) is 7.28. The van der Waals surface area contributed by atoms with Crippen LogP contribution in [0.3, 0.4) is 0 Å². The van der Waals surface area contributed by atoms with Gasteiger partial charge in [0.2, 0.25) is 0 Å². The van der Waals surface area contributed by atoms with Gasteiger partial charge in [-0.05, 0) is 24.3 Å². The van der Waals surface area contributed by atoms with E-state index < -0.39 is 18.5 Å². The third-order valence-electron chi connectivity index (χ3n) is 2.65. The minimum atomic E-state index is -0.734. The average molecular weight is 359 g/mol. The van der Waals surface area contributed by atoms with Crippen molar-refractivity contribution >= 4 is 52.4 Å². The SMILES string of the molecule is O=C(COC(=O)c1cccc(Cl)c1Cl)Nc1ccccc1Cl. The second-order valence-corrected chi connectivity index (χ2v) is 5.40. The smallest absolute Gasteiger partial charge is 0.340 e. The van der Waals surface area contributed by atoms with Crippen molar-refractivity contribution < 1.29 is 14.3 Å². The number of hydrogen-bond acceptors (Lipinski definition) is 3. The zero-order valence-electron chi connectivity index (χ0n) is 11.1. The highest BCUT2D eigenvalue weighted by Gasteiger charge is 2.15. The first-order valence-electron chi connectivity index (χ1n) is 6.14. The van der Waals surface area contributed by atoms with Gasteiger partial charge in [-0.1, -0.05) is 53.0 Å². The largest absolute Gasteiger partial charge is 0.452 e. The number of hydrogen-bond donors (Lipinski definition) is 1. The summed E-state index contributed by atoms with van der Waals surface area (Å²) in [5.41, 5.74) is 0.533. The topological polar surface area (TPSA) is 55.4 Å². The van der Waals surface area contributed by atoms with E-state index in [-0.39, 0.29) is 15.6 Å². The Hall–Kier alpha value is -1.75. The molecule has 7 heteroatoms. The van der Waals surface area contributed by atoms with Crippen molar-refractivity contribution in [3.05, 3.63) is 63.1 Å². The summed E-state index contributed by atoms with van der Waals surface area (Å²) in [4.78, 5) is 23.6. The maximum atomic E-state index is 11.9. The molecule has 0 unspecified atom stereocenters. The van der Waals surface area contributed by atoms with Gasteiger partial charge in [-0.3, -0.25) is 4.79 Å². The van der Waals surface area contributed by atoms with Crippen LogP contribution in [-0.4, -0.2) is 18.5 Å². The lowest BCUT2D eigenvalue weighted by molar-refractivity contribution is -0.119. The number of anilines is 1. The quantitative estimate of drug-likeness (QED) is 0.822. The van der Waals surface area contributed by atoms with Crippen molar-refractivity contribution in [1.82, 2.24) is 0 Å². The van der Waals surface area contributed by atoms with Crippen molar-refractivity contribution in [2.75, 3.05) is 11.9 Å².